The summed E-state index contributed by atoms with van der Waals surface area (Å²) in [5.74, 6) is 0. The standard InChI is InChI=1S/2C3H8O7P2.3Zn/c2*1-2-10-12(8,9)3(4)11(5,6)7;;;/h2*2-4H,1H2,(H,8,9)(H2,5,6,7);;;/q;;3*+2/p-6. The number of hydrogen-bond donors (Lipinski definition) is 2. The van der Waals surface area contributed by atoms with Crippen LogP contribution in [0.1, 0.15) is 0 Å². The van der Waals surface area contributed by atoms with Crippen LogP contribution >= 0.6 is 30.4 Å². The molecular formula is C6H10O14P4Zn3. The van der Waals surface area contributed by atoms with Gasteiger partial charge < -0.3 is 57.8 Å². The first-order valence-corrected chi connectivity index (χ1v) is 11.5. The van der Waals surface area contributed by atoms with E-state index < -0.39 is 41.6 Å². The molecular weight excluding hydrogens is 616 g/mol. The molecule has 0 aromatic heterocycles. The van der Waals surface area contributed by atoms with Gasteiger partial charge in [-0.1, -0.05) is 13.2 Å². The van der Waals surface area contributed by atoms with Crippen LogP contribution in [0.2, 0.25) is 0 Å². The van der Waals surface area contributed by atoms with Crippen LogP contribution < -0.4 is 29.4 Å². The summed E-state index contributed by atoms with van der Waals surface area (Å²) in [6.07, 6.45) is 0.791. The summed E-state index contributed by atoms with van der Waals surface area (Å²) in [4.78, 5) is 60.9. The Morgan fingerprint density at radius 1 is 0.667 bits per heavy atom. The quantitative estimate of drug-likeness (QED) is 0.147. The van der Waals surface area contributed by atoms with E-state index >= 15 is 0 Å². The molecule has 14 nitrogen and oxygen atoms in total. The number of aliphatic hydroxyl groups is 2. The maximum atomic E-state index is 10.5. The van der Waals surface area contributed by atoms with Gasteiger partial charge in [0.1, 0.15) is 0 Å². The molecule has 21 heteroatoms. The van der Waals surface area contributed by atoms with E-state index in [0.717, 1.165) is 0 Å². The van der Waals surface area contributed by atoms with Crippen molar-refractivity contribution in [1.29, 1.82) is 0 Å². The Bertz CT molecular complexity index is 574. The van der Waals surface area contributed by atoms with Crippen LogP contribution in [0.4, 0.5) is 0 Å². The fourth-order valence-corrected chi connectivity index (χ4v) is 4.39. The molecule has 0 bridgehead atoms. The molecule has 0 amide bonds. The average Bonchev–Trinajstić information content (AvgIpc) is 2.35. The summed E-state index contributed by atoms with van der Waals surface area (Å²) >= 11 is 0. The first-order chi connectivity index (χ1) is 10.4. The molecule has 0 aromatic carbocycles. The summed E-state index contributed by atoms with van der Waals surface area (Å²) in [6.45, 7) is 5.62. The molecule has 4 unspecified atom stereocenters. The topological polar surface area (TPSA) is 266 Å². The molecule has 0 aromatic rings. The van der Waals surface area contributed by atoms with Gasteiger partial charge in [-0.15, -0.1) is 0 Å². The van der Waals surface area contributed by atoms with Crippen LogP contribution in [0.15, 0.2) is 25.7 Å². The summed E-state index contributed by atoms with van der Waals surface area (Å²) < 4.78 is 48.3. The van der Waals surface area contributed by atoms with E-state index in [9.17, 15) is 47.6 Å². The van der Waals surface area contributed by atoms with Gasteiger partial charge in [0, 0.05) is 0 Å². The minimum absolute atomic E-state index is 0. The van der Waals surface area contributed by atoms with E-state index in [1.54, 1.807) is 0 Å². The van der Waals surface area contributed by atoms with Crippen molar-refractivity contribution >= 4 is 30.4 Å². The van der Waals surface area contributed by atoms with Crippen molar-refractivity contribution < 1.29 is 125 Å². The Morgan fingerprint density at radius 3 is 0.963 bits per heavy atom. The van der Waals surface area contributed by atoms with Crippen LogP contribution in [-0.4, -0.2) is 21.4 Å². The third-order valence-corrected chi connectivity index (χ3v) is 8.12. The molecule has 0 radical (unpaired) electrons. The summed E-state index contributed by atoms with van der Waals surface area (Å²) in [5, 5.41) is 16.8. The van der Waals surface area contributed by atoms with Gasteiger partial charge in [0.25, 0.3) is 0 Å². The molecule has 144 valence electrons. The van der Waals surface area contributed by atoms with Gasteiger partial charge in [-0.05, 0) is 15.2 Å². The predicted molar refractivity (Wildman–Crippen MR) is 65.0 cm³/mol. The smallest absolute Gasteiger partial charge is 0.809 e. The SMILES string of the molecule is C=COP(=O)([O-])C(O)P(=O)([O-])[O-].C=COP(=O)([O-])C(O)P(=O)([O-])[O-].[Zn+2].[Zn+2].[Zn+2]. The fourth-order valence-electron chi connectivity index (χ4n) is 0.663. The molecule has 0 aliphatic carbocycles. The van der Waals surface area contributed by atoms with E-state index in [1.165, 1.54) is 0 Å². The number of hydrogen-bond acceptors (Lipinski definition) is 14. The maximum absolute atomic E-state index is 10.5. The van der Waals surface area contributed by atoms with Gasteiger partial charge in [-0.25, -0.2) is 0 Å². The summed E-state index contributed by atoms with van der Waals surface area (Å²) in [7, 11) is -21.4. The maximum Gasteiger partial charge on any atom is 2.00 e. The Labute approximate surface area is 191 Å². The molecule has 0 rings (SSSR count). The van der Waals surface area contributed by atoms with E-state index in [1.807, 2.05) is 0 Å². The molecule has 2 N–H and O–H groups in total. The van der Waals surface area contributed by atoms with E-state index in [-0.39, 0.29) is 58.4 Å². The summed E-state index contributed by atoms with van der Waals surface area (Å²) in [5.41, 5.74) is -6.13. The molecule has 0 saturated carbocycles. The normalized spacial score (nSPS) is 17.2. The Hall–Kier alpha value is 1.55. The van der Waals surface area contributed by atoms with Gasteiger partial charge >= 0.3 is 58.4 Å². The van der Waals surface area contributed by atoms with Gasteiger partial charge in [-0.3, -0.25) is 9.13 Å². The molecule has 0 spiro atoms. The van der Waals surface area contributed by atoms with E-state index in [0.29, 0.717) is 12.5 Å². The second-order valence-corrected chi connectivity index (χ2v) is 10.9. The molecule has 0 saturated heterocycles. The third-order valence-electron chi connectivity index (χ3n) is 1.57. The molecule has 0 heterocycles. The number of aliphatic hydroxyl groups excluding tert-OH is 2. The second-order valence-electron chi connectivity index (χ2n) is 3.40. The van der Waals surface area contributed by atoms with Gasteiger partial charge in [0.15, 0.2) is 11.2 Å². The van der Waals surface area contributed by atoms with Crippen molar-refractivity contribution in [1.82, 2.24) is 0 Å². The van der Waals surface area contributed by atoms with E-state index in [4.69, 9.17) is 10.2 Å². The Morgan fingerprint density at radius 2 is 0.852 bits per heavy atom. The minimum atomic E-state index is -5.60. The second kappa shape index (κ2) is 15.4. The van der Waals surface area contributed by atoms with E-state index in [2.05, 4.69) is 22.2 Å². The average molecular weight is 626 g/mol. The molecule has 0 aliphatic rings. The largest absolute Gasteiger partial charge is 2.00 e. The van der Waals surface area contributed by atoms with Crippen molar-refractivity contribution in [2.45, 2.75) is 11.2 Å². The van der Waals surface area contributed by atoms with Gasteiger partial charge in [0.2, 0.25) is 15.2 Å². The summed E-state index contributed by atoms with van der Waals surface area (Å²) in [6, 6.07) is 0. The van der Waals surface area contributed by atoms with Crippen molar-refractivity contribution in [2.24, 2.45) is 0 Å². The van der Waals surface area contributed by atoms with Crippen LogP contribution in [0.3, 0.4) is 0 Å². The van der Waals surface area contributed by atoms with Crippen LogP contribution in [0, 0.1) is 0 Å². The third kappa shape index (κ3) is 16.0. The predicted octanol–water partition coefficient (Wildman–Crippen LogP) is -4.23. The first kappa shape index (κ1) is 39.1. The molecule has 0 fully saturated rings. The first-order valence-electron chi connectivity index (χ1n) is 5.03. The zero-order valence-electron chi connectivity index (χ0n) is 13.4. The molecule has 27 heavy (non-hydrogen) atoms. The van der Waals surface area contributed by atoms with Gasteiger partial charge in [-0.2, -0.15) is 0 Å². The minimum Gasteiger partial charge on any atom is -0.809 e. The molecule has 4 atom stereocenters. The molecule has 0 aliphatic heterocycles. The van der Waals surface area contributed by atoms with Crippen LogP contribution in [0.25, 0.3) is 0 Å². The Kier molecular flexibility index (Phi) is 22.2. The van der Waals surface area contributed by atoms with Gasteiger partial charge in [0.05, 0.1) is 12.5 Å². The van der Waals surface area contributed by atoms with Crippen molar-refractivity contribution in [2.75, 3.05) is 0 Å². The zero-order chi connectivity index (χ0) is 20.0. The number of rotatable bonds is 8. The zero-order valence-corrected chi connectivity index (χ0v) is 25.9. The van der Waals surface area contributed by atoms with Crippen molar-refractivity contribution in [3.05, 3.63) is 25.7 Å². The Balaban J connectivity index is -0.000000108. The van der Waals surface area contributed by atoms with Crippen LogP contribution in [-0.2, 0) is 85.7 Å². The van der Waals surface area contributed by atoms with Crippen molar-refractivity contribution in [3.63, 3.8) is 0 Å². The van der Waals surface area contributed by atoms with Crippen LogP contribution in [0.5, 0.6) is 0 Å². The monoisotopic (exact) mass is 622 g/mol. The fraction of sp³-hybridized carbons (Fsp3) is 0.333. The van der Waals surface area contributed by atoms with Crippen molar-refractivity contribution in [3.8, 4) is 0 Å².